The number of nitrogens with zero attached hydrogens (tertiary/aromatic N) is 3. The Kier molecular flexibility index (Phi) is 4.46. The van der Waals surface area contributed by atoms with Crippen molar-refractivity contribution in [2.75, 3.05) is 0 Å². The van der Waals surface area contributed by atoms with Gasteiger partial charge >= 0.3 is 12.2 Å². The zero-order chi connectivity index (χ0) is 21.6. The Balaban J connectivity index is 1.44. The molecule has 0 radical (unpaired) electrons. The molecule has 0 atom stereocenters. The van der Waals surface area contributed by atoms with E-state index in [1.54, 1.807) is 48.5 Å². The van der Waals surface area contributed by atoms with Crippen molar-refractivity contribution < 1.29 is 17.9 Å². The second-order valence-corrected chi connectivity index (χ2v) is 7.29. The van der Waals surface area contributed by atoms with Gasteiger partial charge in [-0.25, -0.2) is 4.98 Å². The fourth-order valence-electron chi connectivity index (χ4n) is 3.23. The first-order chi connectivity index (χ1) is 14.9. The van der Waals surface area contributed by atoms with Gasteiger partial charge in [0, 0.05) is 11.5 Å². The SMILES string of the molecule is O=c1[nH]c(-c2ccc(Oc3nc(C4CC4)cc(C(F)(F)F)n3)cc2)nc2ccccc12. The van der Waals surface area contributed by atoms with Crippen LogP contribution in [0.15, 0.2) is 59.4 Å². The Morgan fingerprint density at radius 2 is 1.71 bits per heavy atom. The summed E-state index contributed by atoms with van der Waals surface area (Å²) in [6.07, 6.45) is -2.97. The molecule has 0 saturated heterocycles. The number of hydrogen-bond acceptors (Lipinski definition) is 5. The van der Waals surface area contributed by atoms with Crippen LogP contribution in [0.1, 0.15) is 30.1 Å². The summed E-state index contributed by atoms with van der Waals surface area (Å²) in [7, 11) is 0. The lowest BCUT2D eigenvalue weighted by Crippen LogP contribution is -2.11. The van der Waals surface area contributed by atoms with Crippen LogP contribution < -0.4 is 10.3 Å². The summed E-state index contributed by atoms with van der Waals surface area (Å²) in [5.41, 5.74) is 0.247. The van der Waals surface area contributed by atoms with Crippen LogP contribution in [-0.4, -0.2) is 19.9 Å². The number of hydrogen-bond donors (Lipinski definition) is 1. The number of aromatic amines is 1. The molecule has 5 rings (SSSR count). The molecule has 31 heavy (non-hydrogen) atoms. The maximum Gasteiger partial charge on any atom is 0.433 e. The molecule has 2 aromatic carbocycles. The van der Waals surface area contributed by atoms with Crippen LogP contribution in [0.25, 0.3) is 22.3 Å². The van der Waals surface area contributed by atoms with Crippen LogP contribution in [0.4, 0.5) is 13.2 Å². The van der Waals surface area contributed by atoms with Gasteiger partial charge in [-0.15, -0.1) is 0 Å². The summed E-state index contributed by atoms with van der Waals surface area (Å²) >= 11 is 0. The first kappa shape index (κ1) is 19.2. The van der Waals surface area contributed by atoms with E-state index in [9.17, 15) is 18.0 Å². The third kappa shape index (κ3) is 3.98. The average Bonchev–Trinajstić information content (AvgIpc) is 3.59. The van der Waals surface area contributed by atoms with Gasteiger partial charge in [0.15, 0.2) is 5.69 Å². The monoisotopic (exact) mass is 424 g/mol. The van der Waals surface area contributed by atoms with E-state index in [0.29, 0.717) is 28.0 Å². The summed E-state index contributed by atoms with van der Waals surface area (Å²) in [6, 6.07) is 14.0. The topological polar surface area (TPSA) is 80.8 Å². The maximum atomic E-state index is 13.2. The molecule has 1 fully saturated rings. The molecule has 0 unspecified atom stereocenters. The Bertz CT molecular complexity index is 1330. The van der Waals surface area contributed by atoms with Gasteiger partial charge in [-0.3, -0.25) is 4.79 Å². The molecule has 156 valence electrons. The van der Waals surface area contributed by atoms with Gasteiger partial charge in [-0.1, -0.05) is 12.1 Å². The Labute approximate surface area is 173 Å². The van der Waals surface area contributed by atoms with Crippen LogP contribution in [0.3, 0.4) is 0 Å². The molecule has 4 aromatic rings. The number of H-pyrrole nitrogens is 1. The summed E-state index contributed by atoms with van der Waals surface area (Å²) in [5, 5.41) is 0.486. The molecule has 1 saturated carbocycles. The van der Waals surface area contributed by atoms with Crippen LogP contribution in [0, 0.1) is 0 Å². The van der Waals surface area contributed by atoms with Gasteiger partial charge in [0.1, 0.15) is 11.6 Å². The average molecular weight is 424 g/mol. The minimum atomic E-state index is -4.58. The second kappa shape index (κ2) is 7.19. The van der Waals surface area contributed by atoms with Crippen LogP contribution >= 0.6 is 0 Å². The normalized spacial score (nSPS) is 14.0. The predicted octanol–water partition coefficient (Wildman–Crippen LogP) is 5.07. The van der Waals surface area contributed by atoms with Crippen molar-refractivity contribution >= 4 is 10.9 Å². The smallest absolute Gasteiger partial charge is 0.424 e. The summed E-state index contributed by atoms with van der Waals surface area (Å²) in [4.78, 5) is 27.1. The van der Waals surface area contributed by atoms with Gasteiger partial charge in [0.05, 0.1) is 16.6 Å². The summed E-state index contributed by atoms with van der Waals surface area (Å²) in [6.45, 7) is 0. The Morgan fingerprint density at radius 3 is 2.42 bits per heavy atom. The molecule has 0 amide bonds. The van der Waals surface area contributed by atoms with Crippen molar-refractivity contribution in [1.29, 1.82) is 0 Å². The van der Waals surface area contributed by atoms with Crippen LogP contribution in [-0.2, 0) is 6.18 Å². The van der Waals surface area contributed by atoms with Crippen LogP contribution in [0.5, 0.6) is 11.8 Å². The number of aromatic nitrogens is 4. The van der Waals surface area contributed by atoms with Gasteiger partial charge in [0.2, 0.25) is 0 Å². The van der Waals surface area contributed by atoms with Crippen molar-refractivity contribution in [1.82, 2.24) is 19.9 Å². The molecule has 2 aromatic heterocycles. The second-order valence-electron chi connectivity index (χ2n) is 7.29. The Morgan fingerprint density at radius 1 is 0.968 bits per heavy atom. The lowest BCUT2D eigenvalue weighted by molar-refractivity contribution is -0.141. The quantitative estimate of drug-likeness (QED) is 0.495. The highest BCUT2D eigenvalue weighted by molar-refractivity contribution is 5.79. The first-order valence-electron chi connectivity index (χ1n) is 9.60. The van der Waals surface area contributed by atoms with Gasteiger partial charge < -0.3 is 9.72 Å². The molecule has 1 N–H and O–H groups in total. The molecule has 1 aliphatic carbocycles. The highest BCUT2D eigenvalue weighted by atomic mass is 19.4. The minimum absolute atomic E-state index is 0.0182. The van der Waals surface area contributed by atoms with Crippen molar-refractivity contribution in [3.8, 4) is 23.1 Å². The number of benzene rings is 2. The summed E-state index contributed by atoms with van der Waals surface area (Å²) in [5.74, 6) is 0.666. The molecule has 0 spiro atoms. The molecular formula is C22H15F3N4O2. The number of rotatable bonds is 4. The molecular weight excluding hydrogens is 409 g/mol. The number of nitrogens with one attached hydrogen (secondary N) is 1. The van der Waals surface area contributed by atoms with E-state index < -0.39 is 11.9 Å². The predicted molar refractivity (Wildman–Crippen MR) is 107 cm³/mol. The molecule has 0 aliphatic heterocycles. The van der Waals surface area contributed by atoms with Crippen molar-refractivity contribution in [2.24, 2.45) is 0 Å². The highest BCUT2D eigenvalue weighted by Crippen LogP contribution is 2.41. The lowest BCUT2D eigenvalue weighted by Gasteiger charge is -2.11. The Hall–Kier alpha value is -3.75. The van der Waals surface area contributed by atoms with E-state index in [0.717, 1.165) is 18.9 Å². The van der Waals surface area contributed by atoms with Crippen LogP contribution in [0.2, 0.25) is 0 Å². The number of ether oxygens (including phenoxy) is 1. The third-order valence-corrected chi connectivity index (χ3v) is 4.96. The number of fused-ring (bicyclic) bond motifs is 1. The first-order valence-corrected chi connectivity index (χ1v) is 9.60. The maximum absolute atomic E-state index is 13.2. The van der Waals surface area contributed by atoms with Gasteiger partial charge in [0.25, 0.3) is 5.56 Å². The van der Waals surface area contributed by atoms with E-state index in [2.05, 4.69) is 19.9 Å². The zero-order valence-electron chi connectivity index (χ0n) is 16.0. The van der Waals surface area contributed by atoms with E-state index >= 15 is 0 Å². The molecule has 0 bridgehead atoms. The third-order valence-electron chi connectivity index (χ3n) is 4.96. The molecule has 1 aliphatic rings. The number of halogens is 3. The number of alkyl halides is 3. The molecule has 2 heterocycles. The van der Waals surface area contributed by atoms with E-state index in [1.165, 1.54) is 0 Å². The van der Waals surface area contributed by atoms with Crippen molar-refractivity contribution in [3.63, 3.8) is 0 Å². The van der Waals surface area contributed by atoms with Gasteiger partial charge in [-0.2, -0.15) is 23.1 Å². The summed E-state index contributed by atoms with van der Waals surface area (Å²) < 4.78 is 45.0. The minimum Gasteiger partial charge on any atom is -0.424 e. The van der Waals surface area contributed by atoms with Crippen molar-refractivity contribution in [2.45, 2.75) is 24.9 Å². The fourth-order valence-corrected chi connectivity index (χ4v) is 3.23. The highest BCUT2D eigenvalue weighted by Gasteiger charge is 2.36. The zero-order valence-corrected chi connectivity index (χ0v) is 16.0. The molecule has 9 heteroatoms. The van der Waals surface area contributed by atoms with E-state index in [4.69, 9.17) is 4.74 Å². The lowest BCUT2D eigenvalue weighted by atomic mass is 10.2. The van der Waals surface area contributed by atoms with Crippen molar-refractivity contribution in [3.05, 3.63) is 76.3 Å². The largest absolute Gasteiger partial charge is 0.433 e. The number of para-hydroxylation sites is 1. The fraction of sp³-hybridized carbons (Fsp3) is 0.182. The standard InChI is InChI=1S/C22H15F3N4O2/c23-22(24,25)18-11-17(12-5-6-12)27-21(28-18)31-14-9-7-13(8-10-14)19-26-16-4-2-1-3-15(16)20(30)29-19/h1-4,7-12H,5-6H2,(H,26,29,30). The molecule has 6 nitrogen and oxygen atoms in total. The van der Waals surface area contributed by atoms with E-state index in [-0.39, 0.29) is 23.2 Å². The van der Waals surface area contributed by atoms with Gasteiger partial charge in [-0.05, 0) is 55.3 Å². The van der Waals surface area contributed by atoms with E-state index in [1.807, 2.05) is 0 Å².